The molecule has 11 heteroatoms. The van der Waals surface area contributed by atoms with Crippen molar-refractivity contribution in [3.05, 3.63) is 58.6 Å². The van der Waals surface area contributed by atoms with Crippen LogP contribution in [0.1, 0.15) is 46.7 Å². The first-order chi connectivity index (χ1) is 15.9. The Hall–Kier alpha value is -2.72. The van der Waals surface area contributed by atoms with E-state index >= 15 is 0 Å². The van der Waals surface area contributed by atoms with Gasteiger partial charge in [-0.2, -0.15) is 13.2 Å². The molecule has 2 atom stereocenters. The van der Waals surface area contributed by atoms with Crippen LogP contribution in [0.4, 0.5) is 13.2 Å². The molecule has 1 aromatic carbocycles. The molecule has 1 aliphatic rings. The second-order valence-corrected chi connectivity index (χ2v) is 9.29. The standard InChI is InChI=1S/C23H27ClF3N5O2/c1-32(2)17(7-14-3-4-15(21(28)34)8-19(14)24)12-31-20(33)9-18(16-10-29-13-30-11-16)22(5-6-22)23(25,26)27/h3-4,8,10-11,13,17-18H,5-7,9,12H2,1-2H3,(H2,28,34)(H,31,33). The first-order valence-corrected chi connectivity index (χ1v) is 11.2. The summed E-state index contributed by atoms with van der Waals surface area (Å²) in [6.45, 7) is 0.205. The third-order valence-electron chi connectivity index (χ3n) is 6.45. The molecule has 0 radical (unpaired) electrons. The monoisotopic (exact) mass is 497 g/mol. The highest BCUT2D eigenvalue weighted by Gasteiger charge is 2.67. The van der Waals surface area contributed by atoms with Gasteiger partial charge in [0.1, 0.15) is 6.33 Å². The van der Waals surface area contributed by atoms with Gasteiger partial charge in [-0.15, -0.1) is 0 Å². The van der Waals surface area contributed by atoms with Gasteiger partial charge < -0.3 is 16.0 Å². The maximum atomic E-state index is 13.8. The van der Waals surface area contributed by atoms with E-state index in [1.165, 1.54) is 24.8 Å². The van der Waals surface area contributed by atoms with Crippen LogP contribution in [0.15, 0.2) is 36.9 Å². The minimum atomic E-state index is -4.42. The summed E-state index contributed by atoms with van der Waals surface area (Å²) >= 11 is 6.29. The average Bonchev–Trinajstić information content (AvgIpc) is 3.58. The summed E-state index contributed by atoms with van der Waals surface area (Å²) in [5.74, 6) is -2.12. The van der Waals surface area contributed by atoms with Gasteiger partial charge >= 0.3 is 6.18 Å². The van der Waals surface area contributed by atoms with Gasteiger partial charge in [-0.25, -0.2) is 9.97 Å². The van der Waals surface area contributed by atoms with Crippen molar-refractivity contribution >= 4 is 23.4 Å². The number of aromatic nitrogens is 2. The van der Waals surface area contributed by atoms with Gasteiger partial charge in [-0.05, 0) is 56.6 Å². The highest BCUT2D eigenvalue weighted by Crippen LogP contribution is 2.66. The fourth-order valence-corrected chi connectivity index (χ4v) is 4.39. The van der Waals surface area contributed by atoms with E-state index in [0.29, 0.717) is 17.0 Å². The van der Waals surface area contributed by atoms with Crippen LogP contribution in [0.25, 0.3) is 0 Å². The average molecular weight is 498 g/mol. The fourth-order valence-electron chi connectivity index (χ4n) is 4.13. The number of nitrogens with one attached hydrogen (secondary N) is 1. The molecule has 7 nitrogen and oxygen atoms in total. The topological polar surface area (TPSA) is 101 Å². The molecular weight excluding hydrogens is 471 g/mol. The predicted octanol–water partition coefficient (Wildman–Crippen LogP) is 3.33. The van der Waals surface area contributed by atoms with E-state index in [9.17, 15) is 22.8 Å². The van der Waals surface area contributed by atoms with E-state index in [1.807, 2.05) is 19.0 Å². The van der Waals surface area contributed by atoms with Crippen molar-refractivity contribution in [2.45, 2.75) is 43.8 Å². The van der Waals surface area contributed by atoms with Crippen molar-refractivity contribution in [2.75, 3.05) is 20.6 Å². The van der Waals surface area contributed by atoms with Gasteiger partial charge in [-0.3, -0.25) is 9.59 Å². The van der Waals surface area contributed by atoms with Crippen molar-refractivity contribution < 1.29 is 22.8 Å². The van der Waals surface area contributed by atoms with Crippen LogP contribution in [-0.2, 0) is 11.2 Å². The zero-order chi connectivity index (χ0) is 25.1. The summed E-state index contributed by atoms with van der Waals surface area (Å²) in [4.78, 5) is 33.7. The summed E-state index contributed by atoms with van der Waals surface area (Å²) in [5, 5.41) is 3.15. The Balaban J connectivity index is 1.69. The van der Waals surface area contributed by atoms with Gasteiger partial charge in [-0.1, -0.05) is 17.7 Å². The minimum Gasteiger partial charge on any atom is -0.366 e. The van der Waals surface area contributed by atoms with Gasteiger partial charge in [0.2, 0.25) is 11.8 Å². The lowest BCUT2D eigenvalue weighted by Crippen LogP contribution is -2.42. The maximum Gasteiger partial charge on any atom is 0.395 e. The van der Waals surface area contributed by atoms with Gasteiger partial charge in [0.25, 0.3) is 0 Å². The number of benzene rings is 1. The molecule has 0 saturated heterocycles. The molecule has 2 aromatic rings. The zero-order valence-corrected chi connectivity index (χ0v) is 19.7. The fraction of sp³-hybridized carbons (Fsp3) is 0.478. The van der Waals surface area contributed by atoms with Gasteiger partial charge in [0.15, 0.2) is 0 Å². The summed E-state index contributed by atoms with van der Waals surface area (Å²) in [6, 6.07) is 4.58. The summed E-state index contributed by atoms with van der Waals surface area (Å²) in [5.41, 5.74) is 4.70. The van der Waals surface area contributed by atoms with Crippen LogP contribution >= 0.6 is 11.6 Å². The van der Waals surface area contributed by atoms with Crippen LogP contribution < -0.4 is 11.1 Å². The van der Waals surface area contributed by atoms with E-state index < -0.39 is 29.3 Å². The van der Waals surface area contributed by atoms with Crippen molar-refractivity contribution in [2.24, 2.45) is 11.1 Å². The Morgan fingerprint density at radius 1 is 1.24 bits per heavy atom. The minimum absolute atomic E-state index is 0.0243. The number of carbonyl (C=O) groups excluding carboxylic acids is 2. The number of nitrogens with two attached hydrogens (primary N) is 1. The molecule has 0 bridgehead atoms. The van der Waals surface area contributed by atoms with Crippen LogP contribution in [0.3, 0.4) is 0 Å². The number of nitrogens with zero attached hydrogens (tertiary/aromatic N) is 3. The Morgan fingerprint density at radius 2 is 1.88 bits per heavy atom. The second kappa shape index (κ2) is 10.3. The number of amides is 2. The number of alkyl halides is 3. The maximum absolute atomic E-state index is 13.8. The molecule has 0 spiro atoms. The summed E-state index contributed by atoms with van der Waals surface area (Å²) < 4.78 is 41.5. The second-order valence-electron chi connectivity index (χ2n) is 8.88. The van der Waals surface area contributed by atoms with Gasteiger partial charge in [0.05, 0.1) is 5.41 Å². The van der Waals surface area contributed by atoms with E-state index in [1.54, 1.807) is 12.1 Å². The quantitative estimate of drug-likeness (QED) is 0.524. The first kappa shape index (κ1) is 25.9. The Morgan fingerprint density at radius 3 is 2.38 bits per heavy atom. The normalized spacial score (nSPS) is 16.7. The van der Waals surface area contributed by atoms with Crippen LogP contribution in [0, 0.1) is 5.41 Å². The molecule has 1 fully saturated rings. The van der Waals surface area contributed by atoms with Crippen molar-refractivity contribution in [3.8, 4) is 0 Å². The lowest BCUT2D eigenvalue weighted by atomic mass is 9.81. The van der Waals surface area contributed by atoms with E-state index in [2.05, 4.69) is 15.3 Å². The highest BCUT2D eigenvalue weighted by molar-refractivity contribution is 6.31. The number of primary amides is 1. The molecule has 0 aliphatic heterocycles. The van der Waals surface area contributed by atoms with Crippen molar-refractivity contribution in [3.63, 3.8) is 0 Å². The van der Waals surface area contributed by atoms with Crippen LogP contribution in [0.2, 0.25) is 5.02 Å². The first-order valence-electron chi connectivity index (χ1n) is 10.8. The molecule has 2 unspecified atom stereocenters. The largest absolute Gasteiger partial charge is 0.395 e. The molecule has 1 aromatic heterocycles. The third-order valence-corrected chi connectivity index (χ3v) is 6.80. The SMILES string of the molecule is CN(C)C(CNC(=O)CC(c1cncnc1)C1(C(F)(F)F)CC1)Cc1ccc(C(N)=O)cc1Cl. The molecule has 1 aliphatic carbocycles. The number of rotatable bonds is 10. The molecule has 3 N–H and O–H groups in total. The van der Waals surface area contributed by atoms with E-state index in [4.69, 9.17) is 17.3 Å². The summed E-state index contributed by atoms with van der Waals surface area (Å²) in [7, 11) is 3.66. The predicted molar refractivity (Wildman–Crippen MR) is 121 cm³/mol. The number of likely N-dealkylation sites (N-methyl/N-ethyl adjacent to an activating group) is 1. The van der Waals surface area contributed by atoms with E-state index in [0.717, 1.165) is 5.56 Å². The molecule has 184 valence electrons. The number of halogens is 4. The number of carbonyl (C=O) groups is 2. The Labute approximate surface area is 200 Å². The summed E-state index contributed by atoms with van der Waals surface area (Å²) in [6.07, 6.45) is -0.403. The molecule has 34 heavy (non-hydrogen) atoms. The molecule has 2 amide bonds. The Bertz CT molecular complexity index is 1030. The van der Waals surface area contributed by atoms with Crippen molar-refractivity contribution in [1.29, 1.82) is 0 Å². The van der Waals surface area contributed by atoms with Crippen LogP contribution in [0.5, 0.6) is 0 Å². The Kier molecular flexibility index (Phi) is 7.82. The lowest BCUT2D eigenvalue weighted by Gasteiger charge is -2.29. The molecule has 1 heterocycles. The van der Waals surface area contributed by atoms with Gasteiger partial charge in [0, 0.05) is 47.9 Å². The molecular formula is C23H27ClF3N5O2. The third kappa shape index (κ3) is 5.85. The number of hydrogen-bond donors (Lipinski definition) is 2. The van der Waals surface area contributed by atoms with E-state index in [-0.39, 0.29) is 37.4 Å². The molecule has 3 rings (SSSR count). The molecule has 1 saturated carbocycles. The highest BCUT2D eigenvalue weighted by atomic mass is 35.5. The lowest BCUT2D eigenvalue weighted by molar-refractivity contribution is -0.194. The zero-order valence-electron chi connectivity index (χ0n) is 18.9. The van der Waals surface area contributed by atoms with Crippen LogP contribution in [-0.4, -0.2) is 59.5 Å². The smallest absolute Gasteiger partial charge is 0.366 e. The van der Waals surface area contributed by atoms with Crippen molar-refractivity contribution in [1.82, 2.24) is 20.2 Å². The number of hydrogen-bond acceptors (Lipinski definition) is 5.